The van der Waals surface area contributed by atoms with Gasteiger partial charge in [0.2, 0.25) is 5.91 Å². The number of hydrogen-bond donors (Lipinski definition) is 0. The van der Waals surface area contributed by atoms with E-state index in [-0.39, 0.29) is 17.6 Å². The monoisotopic (exact) mass is 370 g/mol. The van der Waals surface area contributed by atoms with Crippen molar-refractivity contribution in [3.05, 3.63) is 41.2 Å². The van der Waals surface area contributed by atoms with Gasteiger partial charge in [-0.15, -0.1) is 0 Å². The van der Waals surface area contributed by atoms with Crippen molar-refractivity contribution >= 4 is 5.91 Å². The van der Waals surface area contributed by atoms with E-state index in [0.29, 0.717) is 32.7 Å². The molecule has 1 atom stereocenters. The van der Waals surface area contributed by atoms with Gasteiger partial charge in [-0.1, -0.05) is 17.7 Å². The predicted octanol–water partition coefficient (Wildman–Crippen LogP) is 3.56. The van der Waals surface area contributed by atoms with Gasteiger partial charge in [-0.05, 0) is 50.2 Å². The highest BCUT2D eigenvalue weighted by molar-refractivity contribution is 5.80. The Morgan fingerprint density at radius 2 is 2.26 bits per heavy atom. The second-order valence-corrected chi connectivity index (χ2v) is 8.36. The average Bonchev–Trinajstić information content (AvgIpc) is 2.65. The zero-order valence-corrected chi connectivity index (χ0v) is 16.3. The summed E-state index contributed by atoms with van der Waals surface area (Å²) in [5.74, 6) is 0.256. The number of likely N-dealkylation sites (tertiary alicyclic amines) is 1. The van der Waals surface area contributed by atoms with E-state index < -0.39 is 0 Å². The van der Waals surface area contributed by atoms with E-state index in [1.54, 1.807) is 0 Å². The Morgan fingerprint density at radius 3 is 3.04 bits per heavy atom. The quantitative estimate of drug-likeness (QED) is 0.744. The first kappa shape index (κ1) is 18.6. The van der Waals surface area contributed by atoms with Crippen molar-refractivity contribution in [3.63, 3.8) is 0 Å². The minimum Gasteiger partial charge on any atom is -0.373 e. The third kappa shape index (κ3) is 4.58. The molecule has 0 radical (unpaired) electrons. The van der Waals surface area contributed by atoms with Crippen molar-refractivity contribution in [1.29, 1.82) is 0 Å². The third-order valence-electron chi connectivity index (χ3n) is 5.94. The smallest absolute Gasteiger partial charge is 0.226 e. The first-order valence-electron chi connectivity index (χ1n) is 10.2. The number of amides is 1. The van der Waals surface area contributed by atoms with Gasteiger partial charge in [-0.3, -0.25) is 9.78 Å². The van der Waals surface area contributed by atoms with Crippen LogP contribution in [0.2, 0.25) is 0 Å². The minimum atomic E-state index is -0.190. The lowest BCUT2D eigenvalue weighted by Crippen LogP contribution is -2.67. The second kappa shape index (κ2) is 8.11. The van der Waals surface area contributed by atoms with Gasteiger partial charge < -0.3 is 14.4 Å². The van der Waals surface area contributed by atoms with Crippen LogP contribution < -0.4 is 0 Å². The number of allylic oxidation sites excluding steroid dienone is 1. The number of hydrogen-bond acceptors (Lipinski definition) is 4. The maximum atomic E-state index is 12.5. The van der Waals surface area contributed by atoms with Gasteiger partial charge >= 0.3 is 0 Å². The van der Waals surface area contributed by atoms with Gasteiger partial charge in [0.15, 0.2) is 0 Å². The van der Waals surface area contributed by atoms with Crippen LogP contribution in [0.1, 0.15) is 56.1 Å². The van der Waals surface area contributed by atoms with E-state index in [4.69, 9.17) is 9.47 Å². The summed E-state index contributed by atoms with van der Waals surface area (Å²) >= 11 is 0. The van der Waals surface area contributed by atoms with Crippen LogP contribution in [0.25, 0.3) is 0 Å². The van der Waals surface area contributed by atoms with Gasteiger partial charge in [0, 0.05) is 31.8 Å². The summed E-state index contributed by atoms with van der Waals surface area (Å²) < 4.78 is 12.2. The standard InChI is InChI=1S/C22H30N2O3/c1-17-9-19(13-23-12-17)14-26-20-7-8-27-22(11-20)15-24(16-22)21(25)10-18-5-3-2-4-6-18/h5,9,12-13,20H,2-4,6-8,10-11,14-16H2,1H3. The molecule has 5 nitrogen and oxygen atoms in total. The van der Waals surface area contributed by atoms with E-state index in [1.165, 1.54) is 18.4 Å². The highest BCUT2D eigenvalue weighted by atomic mass is 16.5. The van der Waals surface area contributed by atoms with Crippen molar-refractivity contribution in [3.8, 4) is 0 Å². The van der Waals surface area contributed by atoms with Crippen LogP contribution in [0.15, 0.2) is 30.1 Å². The lowest BCUT2D eigenvalue weighted by atomic mass is 9.84. The molecule has 3 aliphatic rings. The molecule has 1 aromatic rings. The molecule has 1 unspecified atom stereocenters. The topological polar surface area (TPSA) is 51.7 Å². The van der Waals surface area contributed by atoms with Crippen LogP contribution in [0.5, 0.6) is 0 Å². The van der Waals surface area contributed by atoms with E-state index in [0.717, 1.165) is 36.8 Å². The summed E-state index contributed by atoms with van der Waals surface area (Å²) in [4.78, 5) is 18.7. The SMILES string of the molecule is Cc1cncc(COC2CCOC3(C2)CN(C(=O)CC2=CCCCC2)C3)c1. The van der Waals surface area contributed by atoms with Crippen molar-refractivity contribution < 1.29 is 14.3 Å². The van der Waals surface area contributed by atoms with Crippen LogP contribution in [0, 0.1) is 6.92 Å². The lowest BCUT2D eigenvalue weighted by Gasteiger charge is -2.53. The molecule has 0 aromatic carbocycles. The fourth-order valence-corrected chi connectivity index (χ4v) is 4.45. The number of carbonyl (C=O) groups is 1. The maximum Gasteiger partial charge on any atom is 0.226 e. The Kier molecular flexibility index (Phi) is 5.60. The minimum absolute atomic E-state index is 0.190. The predicted molar refractivity (Wildman–Crippen MR) is 103 cm³/mol. The summed E-state index contributed by atoms with van der Waals surface area (Å²) in [6.45, 7) is 4.77. The molecule has 1 aliphatic carbocycles. The Bertz CT molecular complexity index is 709. The molecule has 0 N–H and O–H groups in total. The van der Waals surface area contributed by atoms with Crippen molar-refractivity contribution in [2.45, 2.75) is 70.2 Å². The van der Waals surface area contributed by atoms with Crippen LogP contribution in [-0.4, -0.2) is 47.2 Å². The van der Waals surface area contributed by atoms with Crippen LogP contribution in [-0.2, 0) is 20.9 Å². The summed E-state index contributed by atoms with van der Waals surface area (Å²) in [5.41, 5.74) is 3.40. The molecule has 2 saturated heterocycles. The molecule has 0 bridgehead atoms. The van der Waals surface area contributed by atoms with Crippen LogP contribution >= 0.6 is 0 Å². The highest BCUT2D eigenvalue weighted by Crippen LogP contribution is 2.36. The molecule has 3 heterocycles. The van der Waals surface area contributed by atoms with E-state index in [9.17, 15) is 4.79 Å². The summed E-state index contributed by atoms with van der Waals surface area (Å²) in [6, 6.07) is 2.12. The molecule has 1 spiro atoms. The van der Waals surface area contributed by atoms with Gasteiger partial charge in [-0.25, -0.2) is 0 Å². The van der Waals surface area contributed by atoms with Gasteiger partial charge in [0.25, 0.3) is 0 Å². The lowest BCUT2D eigenvalue weighted by molar-refractivity contribution is -0.202. The fourth-order valence-electron chi connectivity index (χ4n) is 4.45. The summed E-state index contributed by atoms with van der Waals surface area (Å²) in [6.07, 6.45) is 13.3. The third-order valence-corrected chi connectivity index (χ3v) is 5.94. The van der Waals surface area contributed by atoms with Crippen molar-refractivity contribution in [2.75, 3.05) is 19.7 Å². The molecule has 1 aromatic heterocycles. The van der Waals surface area contributed by atoms with Gasteiger partial charge in [0.1, 0.15) is 5.60 Å². The number of aryl methyl sites for hydroxylation is 1. The number of pyridine rings is 1. The molecule has 146 valence electrons. The first-order valence-corrected chi connectivity index (χ1v) is 10.2. The molecular formula is C22H30N2O3. The summed E-state index contributed by atoms with van der Waals surface area (Å²) in [7, 11) is 0. The largest absolute Gasteiger partial charge is 0.373 e. The zero-order valence-electron chi connectivity index (χ0n) is 16.3. The maximum absolute atomic E-state index is 12.5. The van der Waals surface area contributed by atoms with Gasteiger partial charge in [0.05, 0.1) is 25.8 Å². The molecule has 5 heteroatoms. The van der Waals surface area contributed by atoms with Crippen LogP contribution in [0.4, 0.5) is 0 Å². The Labute approximate surface area is 161 Å². The Morgan fingerprint density at radius 1 is 1.37 bits per heavy atom. The Hall–Kier alpha value is -1.72. The fraction of sp³-hybridized carbons (Fsp3) is 0.636. The number of carbonyl (C=O) groups excluding carboxylic acids is 1. The molecular weight excluding hydrogens is 340 g/mol. The highest BCUT2D eigenvalue weighted by Gasteiger charge is 2.49. The number of rotatable bonds is 5. The molecule has 27 heavy (non-hydrogen) atoms. The second-order valence-electron chi connectivity index (χ2n) is 8.36. The summed E-state index contributed by atoms with van der Waals surface area (Å²) in [5, 5.41) is 0. The van der Waals surface area contributed by atoms with E-state index in [2.05, 4.69) is 17.1 Å². The number of nitrogens with zero attached hydrogens (tertiary/aromatic N) is 2. The molecule has 2 aliphatic heterocycles. The van der Waals surface area contributed by atoms with E-state index >= 15 is 0 Å². The van der Waals surface area contributed by atoms with Crippen molar-refractivity contribution in [1.82, 2.24) is 9.88 Å². The van der Waals surface area contributed by atoms with Gasteiger partial charge in [-0.2, -0.15) is 0 Å². The molecule has 2 fully saturated rings. The van der Waals surface area contributed by atoms with E-state index in [1.807, 2.05) is 24.2 Å². The number of aromatic nitrogens is 1. The van der Waals surface area contributed by atoms with Crippen LogP contribution in [0.3, 0.4) is 0 Å². The molecule has 4 rings (SSSR count). The average molecular weight is 370 g/mol. The Balaban J connectivity index is 1.25. The molecule has 0 saturated carbocycles. The molecule has 1 amide bonds. The zero-order chi connectivity index (χ0) is 18.7. The van der Waals surface area contributed by atoms with Crippen molar-refractivity contribution in [2.24, 2.45) is 0 Å². The number of ether oxygens (including phenoxy) is 2. The first-order chi connectivity index (χ1) is 13.1. The normalized spacial score (nSPS) is 24.4.